The molecule has 0 radical (unpaired) electrons. The number of hydrogen-bond acceptors (Lipinski definition) is 3. The first kappa shape index (κ1) is 15.9. The number of aromatic nitrogens is 1. The number of halogens is 3. The van der Waals surface area contributed by atoms with E-state index in [2.05, 4.69) is 4.98 Å². The molecule has 0 amide bonds. The molecule has 0 aliphatic carbocycles. The SMILES string of the molecule is CCC(N)c1ccccc1Sc1ccc(C(F)(F)F)cn1. The molecule has 112 valence electrons. The van der Waals surface area contributed by atoms with Crippen molar-refractivity contribution >= 4 is 11.8 Å². The van der Waals surface area contributed by atoms with Gasteiger partial charge in [0.1, 0.15) is 5.03 Å². The molecule has 2 aromatic rings. The average molecular weight is 312 g/mol. The lowest BCUT2D eigenvalue weighted by molar-refractivity contribution is -0.137. The van der Waals surface area contributed by atoms with Crippen LogP contribution in [0.3, 0.4) is 0 Å². The molecular formula is C15H15F3N2S. The molecule has 0 aliphatic rings. The maximum absolute atomic E-state index is 12.5. The first-order valence-electron chi connectivity index (χ1n) is 6.47. The van der Waals surface area contributed by atoms with Crippen LogP contribution in [0.5, 0.6) is 0 Å². The fourth-order valence-corrected chi connectivity index (χ4v) is 2.77. The largest absolute Gasteiger partial charge is 0.417 e. The Morgan fingerprint density at radius 3 is 2.48 bits per heavy atom. The van der Waals surface area contributed by atoms with Gasteiger partial charge in [-0.3, -0.25) is 0 Å². The van der Waals surface area contributed by atoms with Gasteiger partial charge in [0.25, 0.3) is 0 Å². The molecule has 21 heavy (non-hydrogen) atoms. The second kappa shape index (κ2) is 6.49. The molecule has 2 nitrogen and oxygen atoms in total. The fourth-order valence-electron chi connectivity index (χ4n) is 1.82. The van der Waals surface area contributed by atoms with E-state index in [0.29, 0.717) is 5.03 Å². The molecule has 0 saturated heterocycles. The zero-order chi connectivity index (χ0) is 15.5. The standard InChI is InChI=1S/C15H15F3N2S/c1-2-12(19)11-5-3-4-6-13(11)21-14-8-7-10(9-20-14)15(16,17)18/h3-9,12H,2,19H2,1H3. The normalized spacial score (nSPS) is 13.2. The highest BCUT2D eigenvalue weighted by Gasteiger charge is 2.30. The van der Waals surface area contributed by atoms with Crippen molar-refractivity contribution in [1.29, 1.82) is 0 Å². The number of alkyl halides is 3. The van der Waals surface area contributed by atoms with Crippen molar-refractivity contribution in [3.63, 3.8) is 0 Å². The molecule has 0 aliphatic heterocycles. The molecule has 2 rings (SSSR count). The van der Waals surface area contributed by atoms with Gasteiger partial charge in [-0.05, 0) is 30.2 Å². The van der Waals surface area contributed by atoms with Crippen LogP contribution in [0.1, 0.15) is 30.5 Å². The van der Waals surface area contributed by atoms with Crippen molar-refractivity contribution in [3.05, 3.63) is 53.7 Å². The summed E-state index contributed by atoms with van der Waals surface area (Å²) in [6.45, 7) is 1.99. The summed E-state index contributed by atoms with van der Waals surface area (Å²) in [7, 11) is 0. The van der Waals surface area contributed by atoms with E-state index in [-0.39, 0.29) is 6.04 Å². The zero-order valence-corrected chi connectivity index (χ0v) is 12.2. The molecule has 1 atom stereocenters. The van der Waals surface area contributed by atoms with E-state index in [0.717, 1.165) is 29.1 Å². The van der Waals surface area contributed by atoms with E-state index < -0.39 is 11.7 Å². The Morgan fingerprint density at radius 1 is 1.19 bits per heavy atom. The number of benzene rings is 1. The van der Waals surface area contributed by atoms with Crippen LogP contribution >= 0.6 is 11.8 Å². The minimum absolute atomic E-state index is 0.0943. The summed E-state index contributed by atoms with van der Waals surface area (Å²) >= 11 is 1.32. The Morgan fingerprint density at radius 2 is 1.90 bits per heavy atom. The van der Waals surface area contributed by atoms with Crippen LogP contribution < -0.4 is 5.73 Å². The van der Waals surface area contributed by atoms with Crippen LogP contribution in [-0.4, -0.2) is 4.98 Å². The predicted molar refractivity (Wildman–Crippen MR) is 77.0 cm³/mol. The molecule has 0 bridgehead atoms. The van der Waals surface area contributed by atoms with E-state index >= 15 is 0 Å². The highest BCUT2D eigenvalue weighted by Crippen LogP contribution is 2.34. The summed E-state index contributed by atoms with van der Waals surface area (Å²) in [5.74, 6) is 0. The third-order valence-corrected chi connectivity index (χ3v) is 4.08. The van der Waals surface area contributed by atoms with Gasteiger partial charge in [0.2, 0.25) is 0 Å². The first-order valence-corrected chi connectivity index (χ1v) is 7.29. The Balaban J connectivity index is 2.23. The predicted octanol–water partition coefficient (Wildman–Crippen LogP) is 4.66. The highest BCUT2D eigenvalue weighted by molar-refractivity contribution is 7.99. The van der Waals surface area contributed by atoms with Crippen LogP contribution in [0.4, 0.5) is 13.2 Å². The molecule has 6 heteroatoms. The molecule has 1 heterocycles. The second-order valence-electron chi connectivity index (χ2n) is 4.54. The Kier molecular flexibility index (Phi) is 4.90. The van der Waals surface area contributed by atoms with Gasteiger partial charge in [0, 0.05) is 17.1 Å². The number of rotatable bonds is 4. The van der Waals surface area contributed by atoms with Gasteiger partial charge >= 0.3 is 6.18 Å². The summed E-state index contributed by atoms with van der Waals surface area (Å²) in [5.41, 5.74) is 6.28. The van der Waals surface area contributed by atoms with E-state index in [9.17, 15) is 13.2 Å². The first-order chi connectivity index (χ1) is 9.91. The second-order valence-corrected chi connectivity index (χ2v) is 5.60. The number of hydrogen-bond donors (Lipinski definition) is 1. The van der Waals surface area contributed by atoms with Crippen LogP contribution in [-0.2, 0) is 6.18 Å². The van der Waals surface area contributed by atoms with Crippen molar-refractivity contribution in [2.45, 2.75) is 35.5 Å². The van der Waals surface area contributed by atoms with Crippen molar-refractivity contribution in [3.8, 4) is 0 Å². The average Bonchev–Trinajstić information content (AvgIpc) is 2.46. The molecule has 2 N–H and O–H groups in total. The lowest BCUT2D eigenvalue weighted by Gasteiger charge is -2.14. The minimum Gasteiger partial charge on any atom is -0.324 e. The van der Waals surface area contributed by atoms with Gasteiger partial charge in [-0.25, -0.2) is 4.98 Å². The molecule has 1 aromatic heterocycles. The summed E-state index contributed by atoms with van der Waals surface area (Å²) < 4.78 is 37.5. The summed E-state index contributed by atoms with van der Waals surface area (Å²) in [4.78, 5) is 4.78. The Hall–Kier alpha value is -1.53. The van der Waals surface area contributed by atoms with Gasteiger partial charge in [-0.1, -0.05) is 36.9 Å². The Labute approximate surface area is 125 Å². The third kappa shape index (κ3) is 3.98. The lowest BCUT2D eigenvalue weighted by atomic mass is 10.1. The monoisotopic (exact) mass is 312 g/mol. The molecule has 1 unspecified atom stereocenters. The molecule has 0 saturated carbocycles. The van der Waals surface area contributed by atoms with E-state index in [1.54, 1.807) is 0 Å². The smallest absolute Gasteiger partial charge is 0.324 e. The van der Waals surface area contributed by atoms with Crippen LogP contribution in [0.25, 0.3) is 0 Å². The fraction of sp³-hybridized carbons (Fsp3) is 0.267. The molecule has 1 aromatic carbocycles. The molecule has 0 spiro atoms. The minimum atomic E-state index is -4.36. The number of nitrogens with zero attached hydrogens (tertiary/aromatic N) is 1. The highest BCUT2D eigenvalue weighted by atomic mass is 32.2. The number of nitrogens with two attached hydrogens (primary N) is 1. The third-order valence-electron chi connectivity index (χ3n) is 3.04. The van der Waals surface area contributed by atoms with Crippen LogP contribution in [0, 0.1) is 0 Å². The summed E-state index contributed by atoms with van der Waals surface area (Å²) in [5, 5.41) is 0.513. The maximum atomic E-state index is 12.5. The van der Waals surface area contributed by atoms with Crippen molar-refractivity contribution < 1.29 is 13.2 Å². The van der Waals surface area contributed by atoms with Crippen molar-refractivity contribution in [2.24, 2.45) is 5.73 Å². The van der Waals surface area contributed by atoms with Gasteiger partial charge in [-0.15, -0.1) is 0 Å². The van der Waals surface area contributed by atoms with Gasteiger partial charge < -0.3 is 5.73 Å². The quantitative estimate of drug-likeness (QED) is 0.892. The van der Waals surface area contributed by atoms with Crippen molar-refractivity contribution in [2.75, 3.05) is 0 Å². The summed E-state index contributed by atoms with van der Waals surface area (Å²) in [6.07, 6.45) is -2.72. The zero-order valence-electron chi connectivity index (χ0n) is 11.4. The summed E-state index contributed by atoms with van der Waals surface area (Å²) in [6, 6.07) is 9.92. The molecule has 0 fully saturated rings. The van der Waals surface area contributed by atoms with E-state index in [1.807, 2.05) is 31.2 Å². The van der Waals surface area contributed by atoms with Crippen molar-refractivity contribution in [1.82, 2.24) is 4.98 Å². The number of pyridine rings is 1. The van der Waals surface area contributed by atoms with Crippen LogP contribution in [0.2, 0.25) is 0 Å². The van der Waals surface area contributed by atoms with E-state index in [1.165, 1.54) is 17.8 Å². The topological polar surface area (TPSA) is 38.9 Å². The van der Waals surface area contributed by atoms with Crippen LogP contribution in [0.15, 0.2) is 52.5 Å². The van der Waals surface area contributed by atoms with Gasteiger partial charge in [0.15, 0.2) is 0 Å². The Bertz CT molecular complexity index is 597. The maximum Gasteiger partial charge on any atom is 0.417 e. The van der Waals surface area contributed by atoms with E-state index in [4.69, 9.17) is 5.73 Å². The van der Waals surface area contributed by atoms with Gasteiger partial charge in [-0.2, -0.15) is 13.2 Å². The lowest BCUT2D eigenvalue weighted by Crippen LogP contribution is -2.09. The van der Waals surface area contributed by atoms with Gasteiger partial charge in [0.05, 0.1) is 5.56 Å². The molecular weight excluding hydrogens is 297 g/mol.